The zero-order valence-corrected chi connectivity index (χ0v) is 7.84. The summed E-state index contributed by atoms with van der Waals surface area (Å²) in [5, 5.41) is 10.8. The third-order valence-corrected chi connectivity index (χ3v) is 2.26. The van der Waals surface area contributed by atoms with Gasteiger partial charge in [0.2, 0.25) is 0 Å². The van der Waals surface area contributed by atoms with E-state index in [1.807, 2.05) is 0 Å². The summed E-state index contributed by atoms with van der Waals surface area (Å²) in [5.74, 6) is 0. The first-order valence-electron chi connectivity index (χ1n) is 3.69. The summed E-state index contributed by atoms with van der Waals surface area (Å²) in [6.45, 7) is 2.04. The van der Waals surface area contributed by atoms with E-state index in [1.165, 1.54) is 12.1 Å². The summed E-state index contributed by atoms with van der Waals surface area (Å²) in [6.07, 6.45) is 0. The van der Waals surface area contributed by atoms with Crippen molar-refractivity contribution < 1.29 is 4.92 Å². The first kappa shape index (κ1) is 9.95. The van der Waals surface area contributed by atoms with Gasteiger partial charge in [-0.05, 0) is 18.1 Å². The van der Waals surface area contributed by atoms with E-state index in [0.717, 1.165) is 5.56 Å². The Labute approximate surface area is 80.5 Å². The number of non-ortho nitro benzene ring substituents is 1. The second-order valence-corrected chi connectivity index (χ2v) is 3.08. The molecule has 1 aromatic carbocycles. The predicted molar refractivity (Wildman–Crippen MR) is 50.7 cm³/mol. The zero-order valence-electron chi connectivity index (χ0n) is 7.08. The van der Waals surface area contributed by atoms with Crippen molar-refractivity contribution in [2.75, 3.05) is 0 Å². The molecule has 5 heteroatoms. The predicted octanol–water partition coefficient (Wildman–Crippen LogP) is 2.02. The summed E-state index contributed by atoms with van der Waals surface area (Å²) < 4.78 is 0. The van der Waals surface area contributed by atoms with Gasteiger partial charge in [-0.1, -0.05) is 11.6 Å². The lowest BCUT2D eigenvalue weighted by Crippen LogP contribution is -2.01. The Balaban J connectivity index is 3.30. The number of nitro benzene ring substituents is 1. The van der Waals surface area contributed by atoms with Crippen LogP contribution in [0.4, 0.5) is 5.69 Å². The third-order valence-electron chi connectivity index (χ3n) is 1.87. The smallest absolute Gasteiger partial charge is 0.271 e. The van der Waals surface area contributed by atoms with Gasteiger partial charge in [0.05, 0.1) is 9.95 Å². The average molecular weight is 201 g/mol. The SMILES string of the molecule is Cc1c(Cl)cc([N+](=O)[O-])cc1CN. The van der Waals surface area contributed by atoms with Crippen LogP contribution < -0.4 is 5.73 Å². The molecule has 1 rings (SSSR count). The Morgan fingerprint density at radius 2 is 2.23 bits per heavy atom. The van der Waals surface area contributed by atoms with Crippen LogP contribution in [-0.2, 0) is 6.54 Å². The van der Waals surface area contributed by atoms with Gasteiger partial charge in [0.1, 0.15) is 0 Å². The number of nitrogens with two attached hydrogens (primary N) is 1. The van der Waals surface area contributed by atoms with Crippen LogP contribution in [0.5, 0.6) is 0 Å². The van der Waals surface area contributed by atoms with E-state index in [-0.39, 0.29) is 12.2 Å². The van der Waals surface area contributed by atoms with Gasteiger partial charge in [0.25, 0.3) is 5.69 Å². The minimum Gasteiger partial charge on any atom is -0.326 e. The molecule has 70 valence electrons. The first-order chi connectivity index (χ1) is 6.06. The Morgan fingerprint density at radius 3 is 2.69 bits per heavy atom. The highest BCUT2D eigenvalue weighted by atomic mass is 35.5. The van der Waals surface area contributed by atoms with E-state index in [2.05, 4.69) is 0 Å². The maximum absolute atomic E-state index is 10.4. The van der Waals surface area contributed by atoms with Gasteiger partial charge in [-0.25, -0.2) is 0 Å². The molecule has 0 atom stereocenters. The molecule has 0 unspecified atom stereocenters. The first-order valence-corrected chi connectivity index (χ1v) is 4.07. The summed E-state index contributed by atoms with van der Waals surface area (Å²) in [7, 11) is 0. The minimum absolute atomic E-state index is 0.0175. The van der Waals surface area contributed by atoms with Crippen LogP contribution in [0, 0.1) is 17.0 Å². The number of hydrogen-bond acceptors (Lipinski definition) is 3. The molecule has 13 heavy (non-hydrogen) atoms. The lowest BCUT2D eigenvalue weighted by molar-refractivity contribution is -0.384. The van der Waals surface area contributed by atoms with Crippen molar-refractivity contribution in [2.45, 2.75) is 13.5 Å². The molecule has 0 saturated heterocycles. The Bertz CT molecular complexity index is 352. The molecular weight excluding hydrogens is 192 g/mol. The van der Waals surface area contributed by atoms with E-state index in [1.54, 1.807) is 6.92 Å². The largest absolute Gasteiger partial charge is 0.326 e. The fourth-order valence-corrected chi connectivity index (χ4v) is 1.27. The van der Waals surface area contributed by atoms with Crippen molar-refractivity contribution in [3.8, 4) is 0 Å². The van der Waals surface area contributed by atoms with Gasteiger partial charge >= 0.3 is 0 Å². The second kappa shape index (κ2) is 3.72. The van der Waals surface area contributed by atoms with Crippen LogP contribution in [0.3, 0.4) is 0 Å². The summed E-state index contributed by atoms with van der Waals surface area (Å²) in [4.78, 5) is 9.96. The molecule has 0 fully saturated rings. The Kier molecular flexibility index (Phi) is 2.85. The summed E-state index contributed by atoms with van der Waals surface area (Å²) in [5.41, 5.74) is 6.90. The van der Waals surface area contributed by atoms with Gasteiger partial charge in [-0.15, -0.1) is 0 Å². The van der Waals surface area contributed by atoms with Crippen molar-refractivity contribution >= 4 is 17.3 Å². The Morgan fingerprint density at radius 1 is 1.62 bits per heavy atom. The normalized spacial score (nSPS) is 10.1. The molecule has 0 aliphatic carbocycles. The van der Waals surface area contributed by atoms with E-state index in [0.29, 0.717) is 10.6 Å². The molecule has 0 aromatic heterocycles. The summed E-state index contributed by atoms with van der Waals surface area (Å²) >= 11 is 5.78. The number of rotatable bonds is 2. The van der Waals surface area contributed by atoms with E-state index in [9.17, 15) is 10.1 Å². The molecule has 0 spiro atoms. The molecule has 0 saturated carbocycles. The van der Waals surface area contributed by atoms with Crippen molar-refractivity contribution in [2.24, 2.45) is 5.73 Å². The lowest BCUT2D eigenvalue weighted by atomic mass is 10.1. The Hall–Kier alpha value is -1.13. The standard InChI is InChI=1S/C8H9ClN2O2/c1-5-6(4-10)2-7(11(12)13)3-8(5)9/h2-3H,4,10H2,1H3. The van der Waals surface area contributed by atoms with Crippen molar-refractivity contribution in [3.05, 3.63) is 38.4 Å². The van der Waals surface area contributed by atoms with Crippen LogP contribution in [0.1, 0.15) is 11.1 Å². The molecule has 0 aliphatic heterocycles. The molecule has 1 aromatic rings. The van der Waals surface area contributed by atoms with Gasteiger partial charge in [-0.2, -0.15) is 0 Å². The highest BCUT2D eigenvalue weighted by Gasteiger charge is 2.11. The van der Waals surface area contributed by atoms with Crippen molar-refractivity contribution in [1.82, 2.24) is 0 Å². The maximum atomic E-state index is 10.4. The van der Waals surface area contributed by atoms with Gasteiger partial charge in [0, 0.05) is 18.7 Å². The zero-order chi connectivity index (χ0) is 10.0. The van der Waals surface area contributed by atoms with Gasteiger partial charge in [0.15, 0.2) is 0 Å². The summed E-state index contributed by atoms with van der Waals surface area (Å²) in [6, 6.07) is 2.78. The fraction of sp³-hybridized carbons (Fsp3) is 0.250. The lowest BCUT2D eigenvalue weighted by Gasteiger charge is -2.04. The second-order valence-electron chi connectivity index (χ2n) is 2.67. The highest BCUT2D eigenvalue weighted by Crippen LogP contribution is 2.25. The van der Waals surface area contributed by atoms with E-state index < -0.39 is 4.92 Å². The topological polar surface area (TPSA) is 69.2 Å². The van der Waals surface area contributed by atoms with Crippen LogP contribution in [0.2, 0.25) is 5.02 Å². The number of nitro groups is 1. The minimum atomic E-state index is -0.482. The monoisotopic (exact) mass is 200 g/mol. The van der Waals surface area contributed by atoms with Crippen molar-refractivity contribution in [1.29, 1.82) is 0 Å². The van der Waals surface area contributed by atoms with E-state index >= 15 is 0 Å². The van der Waals surface area contributed by atoms with Gasteiger partial charge < -0.3 is 5.73 Å². The highest BCUT2D eigenvalue weighted by molar-refractivity contribution is 6.31. The maximum Gasteiger partial charge on any atom is 0.271 e. The number of nitrogens with zero attached hydrogens (tertiary/aromatic N) is 1. The fourth-order valence-electron chi connectivity index (χ4n) is 1.04. The molecule has 4 nitrogen and oxygen atoms in total. The van der Waals surface area contributed by atoms with Crippen LogP contribution in [0.15, 0.2) is 12.1 Å². The van der Waals surface area contributed by atoms with Crippen LogP contribution >= 0.6 is 11.6 Å². The molecule has 0 amide bonds. The van der Waals surface area contributed by atoms with Crippen LogP contribution in [-0.4, -0.2) is 4.92 Å². The third kappa shape index (κ3) is 1.96. The molecule has 0 radical (unpaired) electrons. The van der Waals surface area contributed by atoms with Gasteiger partial charge in [-0.3, -0.25) is 10.1 Å². The molecule has 0 heterocycles. The molecular formula is C8H9ClN2O2. The molecule has 0 aliphatic rings. The van der Waals surface area contributed by atoms with E-state index in [4.69, 9.17) is 17.3 Å². The average Bonchev–Trinajstić information content (AvgIpc) is 2.09. The number of hydrogen-bond donors (Lipinski definition) is 1. The number of benzene rings is 1. The van der Waals surface area contributed by atoms with Crippen molar-refractivity contribution in [3.63, 3.8) is 0 Å². The quantitative estimate of drug-likeness (QED) is 0.587. The molecule has 2 N–H and O–H groups in total. The van der Waals surface area contributed by atoms with Crippen LogP contribution in [0.25, 0.3) is 0 Å². The molecule has 0 bridgehead atoms. The number of halogens is 1.